The summed E-state index contributed by atoms with van der Waals surface area (Å²) in [5.41, 5.74) is 4.55. The van der Waals surface area contributed by atoms with Crippen molar-refractivity contribution in [1.29, 1.82) is 0 Å². The molecule has 0 amide bonds. The Bertz CT molecular complexity index is 944. The molecule has 0 fully saturated rings. The highest BCUT2D eigenvalue weighted by Crippen LogP contribution is 2.33. The quantitative estimate of drug-likeness (QED) is 0.691. The van der Waals surface area contributed by atoms with Crippen molar-refractivity contribution in [2.45, 2.75) is 38.8 Å². The zero-order valence-electron chi connectivity index (χ0n) is 15.6. The molecule has 5 heteroatoms. The zero-order valence-corrected chi connectivity index (χ0v) is 15.6. The van der Waals surface area contributed by atoms with E-state index >= 15 is 0 Å². The van der Waals surface area contributed by atoms with Crippen LogP contribution in [0.5, 0.6) is 0 Å². The van der Waals surface area contributed by atoms with Gasteiger partial charge in [-0.15, -0.1) is 0 Å². The van der Waals surface area contributed by atoms with Gasteiger partial charge in [-0.2, -0.15) is 5.10 Å². The van der Waals surface area contributed by atoms with Crippen molar-refractivity contribution in [3.05, 3.63) is 89.1 Å². The third-order valence-electron chi connectivity index (χ3n) is 5.15. The van der Waals surface area contributed by atoms with Crippen molar-refractivity contribution in [1.82, 2.24) is 20.1 Å². The normalized spacial score (nSPS) is 18.9. The lowest BCUT2D eigenvalue weighted by Crippen LogP contribution is -2.25. The van der Waals surface area contributed by atoms with Gasteiger partial charge in [0.15, 0.2) is 5.82 Å². The Morgan fingerprint density at radius 1 is 1.11 bits per heavy atom. The molecular weight excluding hydrogens is 339 g/mol. The molecule has 4 rings (SSSR count). The summed E-state index contributed by atoms with van der Waals surface area (Å²) < 4.78 is 15.0. The van der Waals surface area contributed by atoms with E-state index < -0.39 is 0 Å². The van der Waals surface area contributed by atoms with E-state index in [1.807, 2.05) is 35.0 Å². The Morgan fingerprint density at radius 2 is 1.93 bits per heavy atom. The minimum absolute atomic E-state index is 0.199. The first-order valence-corrected chi connectivity index (χ1v) is 9.25. The molecule has 138 valence electrons. The average molecular weight is 362 g/mol. The lowest BCUT2D eigenvalue weighted by Gasteiger charge is -2.15. The predicted octanol–water partition coefficient (Wildman–Crippen LogP) is 4.23. The van der Waals surface area contributed by atoms with Crippen molar-refractivity contribution in [3.63, 3.8) is 0 Å². The zero-order chi connectivity index (χ0) is 18.8. The van der Waals surface area contributed by atoms with Crippen LogP contribution < -0.4 is 5.32 Å². The first kappa shape index (κ1) is 17.6. The van der Waals surface area contributed by atoms with Gasteiger partial charge >= 0.3 is 0 Å². The van der Waals surface area contributed by atoms with Crippen LogP contribution in [0.4, 0.5) is 4.39 Å². The summed E-state index contributed by atoms with van der Waals surface area (Å²) in [5.74, 6) is 0.987. The van der Waals surface area contributed by atoms with Crippen molar-refractivity contribution in [2.24, 2.45) is 0 Å². The Balaban J connectivity index is 1.45. The highest BCUT2D eigenvalue weighted by atomic mass is 19.1. The standard InChI is InChI=1S/C22H23FN4/c1-15-22(16(2)27(26-15)21-5-3-4-12-24-21)18-8-11-20(13-18)25-14-17-6-9-19(23)10-7-17/h3-12,18,20,25H,13-14H2,1-2H3. The van der Waals surface area contributed by atoms with Crippen LogP contribution in [-0.4, -0.2) is 20.8 Å². The molecule has 0 saturated carbocycles. The number of nitrogens with zero attached hydrogens (tertiary/aromatic N) is 3. The number of halogens is 1. The molecule has 0 bridgehead atoms. The fraction of sp³-hybridized carbons (Fsp3) is 0.273. The van der Waals surface area contributed by atoms with E-state index in [4.69, 9.17) is 5.10 Å². The molecule has 4 nitrogen and oxygen atoms in total. The number of aryl methyl sites for hydroxylation is 1. The molecular formula is C22H23FN4. The minimum atomic E-state index is -0.199. The van der Waals surface area contributed by atoms with Crippen LogP contribution in [0.3, 0.4) is 0 Å². The van der Waals surface area contributed by atoms with Gasteiger partial charge in [0.05, 0.1) is 5.69 Å². The van der Waals surface area contributed by atoms with Crippen LogP contribution in [0.25, 0.3) is 5.82 Å². The monoisotopic (exact) mass is 362 g/mol. The van der Waals surface area contributed by atoms with Crippen LogP contribution in [0, 0.1) is 19.7 Å². The largest absolute Gasteiger partial charge is 0.306 e. The van der Waals surface area contributed by atoms with Gasteiger partial charge in [0, 0.05) is 36.0 Å². The summed E-state index contributed by atoms with van der Waals surface area (Å²) >= 11 is 0. The number of rotatable bonds is 5. The van der Waals surface area contributed by atoms with Crippen molar-refractivity contribution in [3.8, 4) is 5.82 Å². The number of benzene rings is 1. The smallest absolute Gasteiger partial charge is 0.153 e. The van der Waals surface area contributed by atoms with E-state index in [1.54, 1.807) is 6.20 Å². The molecule has 2 unspecified atom stereocenters. The molecule has 0 radical (unpaired) electrons. The number of allylic oxidation sites excluding steroid dienone is 1. The van der Waals surface area contributed by atoms with Gasteiger partial charge < -0.3 is 5.32 Å². The minimum Gasteiger partial charge on any atom is -0.306 e. The molecule has 2 heterocycles. The summed E-state index contributed by atoms with van der Waals surface area (Å²) in [4.78, 5) is 4.42. The second kappa shape index (κ2) is 7.45. The fourth-order valence-corrected chi connectivity index (χ4v) is 3.81. The van der Waals surface area contributed by atoms with Crippen LogP contribution in [0.15, 0.2) is 60.8 Å². The molecule has 27 heavy (non-hydrogen) atoms. The summed E-state index contributed by atoms with van der Waals surface area (Å²) in [6.07, 6.45) is 7.28. The van der Waals surface area contributed by atoms with Crippen LogP contribution in [0.1, 0.15) is 34.9 Å². The molecule has 0 saturated heterocycles. The van der Waals surface area contributed by atoms with Crippen LogP contribution >= 0.6 is 0 Å². The van der Waals surface area contributed by atoms with Gasteiger partial charge in [0.2, 0.25) is 0 Å². The van der Waals surface area contributed by atoms with Gasteiger partial charge in [0.25, 0.3) is 0 Å². The van der Waals surface area contributed by atoms with Crippen molar-refractivity contribution < 1.29 is 4.39 Å². The maximum Gasteiger partial charge on any atom is 0.153 e. The molecule has 2 atom stereocenters. The Hall–Kier alpha value is -2.79. The molecule has 1 N–H and O–H groups in total. The summed E-state index contributed by atoms with van der Waals surface area (Å²) in [6, 6.07) is 12.8. The predicted molar refractivity (Wildman–Crippen MR) is 104 cm³/mol. The first-order valence-electron chi connectivity index (χ1n) is 9.25. The van der Waals surface area contributed by atoms with Gasteiger partial charge in [-0.3, -0.25) is 0 Å². The number of nitrogens with one attached hydrogen (secondary N) is 1. The molecule has 1 aliphatic rings. The lowest BCUT2D eigenvalue weighted by atomic mass is 9.96. The number of pyridine rings is 1. The average Bonchev–Trinajstić information content (AvgIpc) is 3.26. The highest BCUT2D eigenvalue weighted by molar-refractivity contribution is 5.38. The third kappa shape index (κ3) is 3.69. The van der Waals surface area contributed by atoms with Crippen molar-refractivity contribution >= 4 is 0 Å². The Labute approximate surface area is 158 Å². The molecule has 1 aromatic carbocycles. The maximum absolute atomic E-state index is 13.0. The van der Waals surface area contributed by atoms with E-state index in [1.165, 1.54) is 17.7 Å². The van der Waals surface area contributed by atoms with Crippen LogP contribution in [0.2, 0.25) is 0 Å². The first-order chi connectivity index (χ1) is 13.1. The van der Waals surface area contributed by atoms with Gasteiger partial charge in [0.1, 0.15) is 5.82 Å². The van der Waals surface area contributed by atoms with E-state index in [-0.39, 0.29) is 5.82 Å². The molecule has 0 aliphatic heterocycles. The van der Waals surface area contributed by atoms with Gasteiger partial charge in [-0.1, -0.05) is 30.4 Å². The molecule has 0 spiro atoms. The Morgan fingerprint density at radius 3 is 2.67 bits per heavy atom. The SMILES string of the molecule is Cc1nn(-c2ccccn2)c(C)c1C1C=CC(NCc2ccc(F)cc2)C1. The summed E-state index contributed by atoms with van der Waals surface area (Å²) in [7, 11) is 0. The van der Waals surface area contributed by atoms with E-state index in [9.17, 15) is 4.39 Å². The fourth-order valence-electron chi connectivity index (χ4n) is 3.81. The van der Waals surface area contributed by atoms with Crippen molar-refractivity contribution in [2.75, 3.05) is 0 Å². The maximum atomic E-state index is 13.0. The second-order valence-electron chi connectivity index (χ2n) is 7.03. The second-order valence-corrected chi connectivity index (χ2v) is 7.03. The molecule has 3 aromatic rings. The highest BCUT2D eigenvalue weighted by Gasteiger charge is 2.26. The third-order valence-corrected chi connectivity index (χ3v) is 5.15. The summed E-state index contributed by atoms with van der Waals surface area (Å²) in [6.45, 7) is 4.90. The van der Waals surface area contributed by atoms with E-state index in [0.29, 0.717) is 12.0 Å². The molecule has 2 aromatic heterocycles. The lowest BCUT2D eigenvalue weighted by molar-refractivity contribution is 0.558. The van der Waals surface area contributed by atoms with E-state index in [2.05, 4.69) is 36.3 Å². The Kier molecular flexibility index (Phi) is 4.86. The summed E-state index contributed by atoms with van der Waals surface area (Å²) in [5, 5.41) is 8.26. The van der Waals surface area contributed by atoms with Gasteiger partial charge in [-0.05, 0) is 50.1 Å². The van der Waals surface area contributed by atoms with Crippen LogP contribution in [-0.2, 0) is 6.54 Å². The number of aromatic nitrogens is 3. The van der Waals surface area contributed by atoms with Gasteiger partial charge in [-0.25, -0.2) is 14.1 Å². The number of hydrogen-bond acceptors (Lipinski definition) is 3. The molecule has 1 aliphatic carbocycles. The van der Waals surface area contributed by atoms with E-state index in [0.717, 1.165) is 35.7 Å². The topological polar surface area (TPSA) is 42.7 Å². The number of hydrogen-bond donors (Lipinski definition) is 1.